The Bertz CT molecular complexity index is 1890. The maximum Gasteiger partial charge on any atom is 0.266 e. The molecule has 1 spiro atoms. The average Bonchev–Trinajstić information content (AvgIpc) is 3.67. The Kier molecular flexibility index (Phi) is 4.40. The standard InChI is InChI=1S/C28H22N4O4S3/c1-30-24-23(33)31-25-27(16-28(31,26(30)34)38(24)37,20-15-29-21-13-7-5-11-18(20)21)19-12-6-8-14-22(19)32(25)39(35,36)17-9-3-2-4-10-17/h2-15,24-25,29H,16H2,1H3/t24?,25-,27+,28-,38?/m0/s1. The Balaban J connectivity index is 1.50. The van der Waals surface area contributed by atoms with Crippen LogP contribution in [0.5, 0.6) is 0 Å². The molecular weight excluding hydrogens is 553 g/mol. The van der Waals surface area contributed by atoms with Crippen molar-refractivity contribution in [3.05, 3.63) is 96.2 Å². The average molecular weight is 575 g/mol. The number of likely N-dealkylation sites (N-methyl/N-ethyl adjacent to an activating group) is 1. The maximum atomic E-state index is 14.5. The molecule has 8 rings (SSSR count). The number of sulfonamides is 1. The summed E-state index contributed by atoms with van der Waals surface area (Å²) in [6.07, 6.45) is 1.12. The van der Waals surface area contributed by atoms with E-state index in [9.17, 15) is 18.0 Å². The number of aromatic amines is 1. The highest BCUT2D eigenvalue weighted by Gasteiger charge is 2.81. The highest BCUT2D eigenvalue weighted by Crippen LogP contribution is 2.66. The molecule has 1 N–H and O–H groups in total. The number of fused-ring (bicyclic) bond motifs is 6. The molecule has 8 nitrogen and oxygen atoms in total. The first-order valence-corrected chi connectivity index (χ1v) is 16.2. The normalized spacial score (nSPS) is 30.8. The van der Waals surface area contributed by atoms with Crippen LogP contribution in [0.25, 0.3) is 10.9 Å². The van der Waals surface area contributed by atoms with Gasteiger partial charge in [0.15, 0.2) is 10.2 Å². The molecule has 4 aliphatic heterocycles. The lowest BCUT2D eigenvalue weighted by Gasteiger charge is -2.40. The van der Waals surface area contributed by atoms with Gasteiger partial charge in [0.05, 0.1) is 16.0 Å². The molecule has 3 aromatic carbocycles. The van der Waals surface area contributed by atoms with Crippen LogP contribution in [0.4, 0.5) is 5.69 Å². The van der Waals surface area contributed by atoms with Crippen molar-refractivity contribution in [1.29, 1.82) is 0 Å². The number of hydrogen-bond donors (Lipinski definition) is 1. The molecule has 4 aromatic rings. The first kappa shape index (κ1) is 23.4. The molecule has 11 heteroatoms. The van der Waals surface area contributed by atoms with E-state index in [1.165, 1.54) is 9.21 Å². The molecule has 5 atom stereocenters. The zero-order chi connectivity index (χ0) is 26.9. The Morgan fingerprint density at radius 1 is 0.949 bits per heavy atom. The number of piperazine rings is 1. The number of para-hydroxylation sites is 2. The Morgan fingerprint density at radius 3 is 2.44 bits per heavy atom. The summed E-state index contributed by atoms with van der Waals surface area (Å²) in [6, 6.07) is 23.5. The minimum atomic E-state index is -4.15. The van der Waals surface area contributed by atoms with E-state index < -0.39 is 41.3 Å². The van der Waals surface area contributed by atoms with Gasteiger partial charge in [-0.05, 0) is 46.6 Å². The number of aromatic nitrogens is 1. The lowest BCUT2D eigenvalue weighted by atomic mass is 9.72. The second-order valence-corrected chi connectivity index (χ2v) is 15.1. The Morgan fingerprint density at radius 2 is 1.64 bits per heavy atom. The summed E-state index contributed by atoms with van der Waals surface area (Å²) in [5.74, 6) is -0.503. The third kappa shape index (κ3) is 2.46. The second-order valence-electron chi connectivity index (χ2n) is 10.5. The molecular formula is C28H22N4O4S3. The number of benzene rings is 3. The van der Waals surface area contributed by atoms with Crippen LogP contribution >= 0.6 is 0 Å². The summed E-state index contributed by atoms with van der Waals surface area (Å²) >= 11 is 5.97. The van der Waals surface area contributed by atoms with Crippen LogP contribution in [0.15, 0.2) is 90.0 Å². The fraction of sp³-hybridized carbons (Fsp3) is 0.214. The van der Waals surface area contributed by atoms with Gasteiger partial charge >= 0.3 is 0 Å². The summed E-state index contributed by atoms with van der Waals surface area (Å²) < 4.78 is 30.4. The number of carbonyl (C=O) groups excluding carboxylic acids is 2. The van der Waals surface area contributed by atoms with Gasteiger partial charge in [0.25, 0.3) is 21.8 Å². The quantitative estimate of drug-likeness (QED) is 0.406. The van der Waals surface area contributed by atoms with Gasteiger partial charge in [-0.25, -0.2) is 12.7 Å². The van der Waals surface area contributed by atoms with Gasteiger partial charge in [0.1, 0.15) is 6.17 Å². The fourth-order valence-electron chi connectivity index (χ4n) is 7.29. The second kappa shape index (κ2) is 7.35. The van der Waals surface area contributed by atoms with E-state index in [1.54, 1.807) is 54.4 Å². The van der Waals surface area contributed by atoms with E-state index >= 15 is 0 Å². The number of hydrogen-bond acceptors (Lipinski definition) is 5. The molecule has 4 aliphatic rings. The topological polar surface area (TPSA) is 93.8 Å². The predicted octanol–water partition coefficient (Wildman–Crippen LogP) is 2.81. The number of nitrogens with one attached hydrogen (secondary N) is 1. The number of amides is 2. The van der Waals surface area contributed by atoms with Gasteiger partial charge in [-0.2, -0.15) is 0 Å². The van der Waals surface area contributed by atoms with Crippen LogP contribution < -0.4 is 4.31 Å². The van der Waals surface area contributed by atoms with Gasteiger partial charge < -0.3 is 9.88 Å². The van der Waals surface area contributed by atoms with Crippen molar-refractivity contribution in [2.24, 2.45) is 0 Å². The third-order valence-electron chi connectivity index (χ3n) is 8.80. The van der Waals surface area contributed by atoms with Gasteiger partial charge in [0, 0.05) is 30.6 Å². The predicted molar refractivity (Wildman–Crippen MR) is 151 cm³/mol. The minimum Gasteiger partial charge on any atom is -0.361 e. The smallest absolute Gasteiger partial charge is 0.266 e. The van der Waals surface area contributed by atoms with E-state index in [0.717, 1.165) is 22.0 Å². The third-order valence-corrected chi connectivity index (χ3v) is 14.1. The molecule has 2 amide bonds. The van der Waals surface area contributed by atoms with E-state index in [0.29, 0.717) is 5.69 Å². The van der Waals surface area contributed by atoms with Crippen LogP contribution in [0.2, 0.25) is 0 Å². The molecule has 39 heavy (non-hydrogen) atoms. The van der Waals surface area contributed by atoms with Crippen molar-refractivity contribution in [1.82, 2.24) is 14.8 Å². The molecule has 3 saturated heterocycles. The molecule has 3 fully saturated rings. The number of nitrogens with zero attached hydrogens (tertiary/aromatic N) is 3. The molecule has 0 saturated carbocycles. The van der Waals surface area contributed by atoms with Gasteiger partial charge in [-0.15, -0.1) is 0 Å². The van der Waals surface area contributed by atoms with Crippen molar-refractivity contribution < 1.29 is 18.0 Å². The monoisotopic (exact) mass is 574 g/mol. The number of anilines is 1. The number of H-pyrrole nitrogens is 1. The van der Waals surface area contributed by atoms with Crippen molar-refractivity contribution in [3.8, 4) is 0 Å². The molecule has 2 unspecified atom stereocenters. The summed E-state index contributed by atoms with van der Waals surface area (Å²) in [4.78, 5) is 33.3. The van der Waals surface area contributed by atoms with E-state index in [4.69, 9.17) is 11.2 Å². The van der Waals surface area contributed by atoms with Crippen molar-refractivity contribution in [2.75, 3.05) is 11.4 Å². The van der Waals surface area contributed by atoms with Crippen LogP contribution in [0.3, 0.4) is 0 Å². The van der Waals surface area contributed by atoms with Gasteiger partial charge in [-0.3, -0.25) is 14.5 Å². The molecule has 1 aromatic heterocycles. The van der Waals surface area contributed by atoms with Crippen LogP contribution in [0.1, 0.15) is 17.5 Å². The van der Waals surface area contributed by atoms with Crippen LogP contribution in [-0.2, 0) is 45.7 Å². The highest BCUT2D eigenvalue weighted by molar-refractivity contribution is 8.31. The van der Waals surface area contributed by atoms with Crippen molar-refractivity contribution in [3.63, 3.8) is 0 Å². The highest BCUT2D eigenvalue weighted by atomic mass is 32.8. The first-order valence-electron chi connectivity index (χ1n) is 12.5. The largest absolute Gasteiger partial charge is 0.361 e. The van der Waals surface area contributed by atoms with Gasteiger partial charge in [0.2, 0.25) is 0 Å². The fourth-order valence-corrected chi connectivity index (χ4v) is 12.4. The lowest BCUT2D eigenvalue weighted by molar-refractivity contribution is -0.154. The summed E-state index contributed by atoms with van der Waals surface area (Å²) in [5.41, 5.74) is 1.99. The molecule has 196 valence electrons. The summed E-state index contributed by atoms with van der Waals surface area (Å²) in [7, 11) is -3.58. The summed E-state index contributed by atoms with van der Waals surface area (Å²) in [5, 5.41) is 0.152. The summed E-state index contributed by atoms with van der Waals surface area (Å²) in [6.45, 7) is 0. The van der Waals surface area contributed by atoms with Crippen molar-refractivity contribution >= 4 is 59.1 Å². The number of carbonyl (C=O) groups is 2. The van der Waals surface area contributed by atoms with E-state index in [-0.39, 0.29) is 23.1 Å². The van der Waals surface area contributed by atoms with Crippen LogP contribution in [0, 0.1) is 0 Å². The zero-order valence-corrected chi connectivity index (χ0v) is 23.1. The Labute approximate surface area is 231 Å². The Hall–Kier alpha value is -3.54. The lowest BCUT2D eigenvalue weighted by Crippen LogP contribution is -2.63. The first-order chi connectivity index (χ1) is 18.8. The molecule has 0 radical (unpaired) electrons. The zero-order valence-electron chi connectivity index (χ0n) is 20.6. The van der Waals surface area contributed by atoms with E-state index in [2.05, 4.69) is 4.98 Å². The van der Waals surface area contributed by atoms with Crippen molar-refractivity contribution in [2.45, 2.75) is 33.1 Å². The maximum absolute atomic E-state index is 14.5. The minimum absolute atomic E-state index is 0.119. The molecule has 2 bridgehead atoms. The van der Waals surface area contributed by atoms with Gasteiger partial charge in [-0.1, -0.05) is 64.1 Å². The number of rotatable bonds is 3. The van der Waals surface area contributed by atoms with Crippen LogP contribution in [-0.4, -0.2) is 58.5 Å². The van der Waals surface area contributed by atoms with E-state index in [1.807, 2.05) is 42.6 Å². The molecule has 0 aliphatic carbocycles. The SMILES string of the molecule is CN1C(=O)[C@@]23C[C@]4(c5c[nH]c6ccccc56)c5ccccc5N(S(=O)(=O)c5ccccc5)[C@@H]4N2C(=O)C1S3=S. The molecule has 5 heterocycles.